The van der Waals surface area contributed by atoms with Crippen LogP contribution in [-0.2, 0) is 9.53 Å². The van der Waals surface area contributed by atoms with Crippen LogP contribution in [0.15, 0.2) is 10.8 Å². The summed E-state index contributed by atoms with van der Waals surface area (Å²) in [6.45, 7) is 7.51. The molecule has 0 aromatic carbocycles. The zero-order chi connectivity index (χ0) is 15.8. The number of carboxylic acids is 1. The van der Waals surface area contributed by atoms with Gasteiger partial charge in [0, 0.05) is 18.4 Å². The third-order valence-corrected chi connectivity index (χ3v) is 4.42. The SMILES string of the molecule is CCOC1CC(NC(=O)c2ncoc2C)(C(=O)O)C1(C)C. The summed E-state index contributed by atoms with van der Waals surface area (Å²) in [5.74, 6) is -1.27. The Morgan fingerprint density at radius 2 is 2.24 bits per heavy atom. The molecule has 116 valence electrons. The zero-order valence-corrected chi connectivity index (χ0v) is 12.6. The number of carboxylic acid groups (broad SMARTS) is 1. The first-order chi connectivity index (χ1) is 9.76. The van der Waals surface area contributed by atoms with Crippen molar-refractivity contribution >= 4 is 11.9 Å². The van der Waals surface area contributed by atoms with Gasteiger partial charge in [-0.15, -0.1) is 0 Å². The molecule has 1 fully saturated rings. The quantitative estimate of drug-likeness (QED) is 0.851. The molecule has 0 bridgehead atoms. The van der Waals surface area contributed by atoms with Crippen LogP contribution in [0.3, 0.4) is 0 Å². The van der Waals surface area contributed by atoms with Crippen molar-refractivity contribution in [2.75, 3.05) is 6.61 Å². The number of aromatic nitrogens is 1. The monoisotopic (exact) mass is 296 g/mol. The van der Waals surface area contributed by atoms with Crippen molar-refractivity contribution in [3.8, 4) is 0 Å². The lowest BCUT2D eigenvalue weighted by Gasteiger charge is -2.58. The van der Waals surface area contributed by atoms with Crippen molar-refractivity contribution in [1.82, 2.24) is 10.3 Å². The van der Waals surface area contributed by atoms with Gasteiger partial charge in [0.05, 0.1) is 6.10 Å². The first-order valence-corrected chi connectivity index (χ1v) is 6.84. The number of oxazole rings is 1. The lowest BCUT2D eigenvalue weighted by Crippen LogP contribution is -2.76. The molecular weight excluding hydrogens is 276 g/mol. The number of aryl methyl sites for hydroxylation is 1. The molecule has 1 aliphatic carbocycles. The molecule has 1 heterocycles. The molecule has 2 unspecified atom stereocenters. The largest absolute Gasteiger partial charge is 0.479 e. The van der Waals surface area contributed by atoms with E-state index in [-0.39, 0.29) is 18.2 Å². The van der Waals surface area contributed by atoms with Gasteiger partial charge in [-0.2, -0.15) is 0 Å². The van der Waals surface area contributed by atoms with Gasteiger partial charge in [0.25, 0.3) is 5.91 Å². The summed E-state index contributed by atoms with van der Waals surface area (Å²) in [5, 5.41) is 12.2. The maximum atomic E-state index is 12.3. The third kappa shape index (κ3) is 2.21. The minimum Gasteiger partial charge on any atom is -0.479 e. The standard InChI is InChI=1S/C14H20N2O5/c1-5-20-9-6-14(12(18)19,13(9,3)4)16-11(17)10-8(2)21-7-15-10/h7,9H,5-6H2,1-4H3,(H,16,17)(H,18,19). The van der Waals surface area contributed by atoms with Crippen LogP contribution < -0.4 is 5.32 Å². The summed E-state index contributed by atoms with van der Waals surface area (Å²) in [7, 11) is 0. The van der Waals surface area contributed by atoms with E-state index in [0.717, 1.165) is 6.39 Å². The van der Waals surface area contributed by atoms with Crippen LogP contribution in [0.1, 0.15) is 43.4 Å². The molecule has 0 saturated heterocycles. The Balaban J connectivity index is 2.24. The average molecular weight is 296 g/mol. The second-order valence-electron chi connectivity index (χ2n) is 5.79. The van der Waals surface area contributed by atoms with Crippen LogP contribution in [0.4, 0.5) is 0 Å². The molecule has 1 amide bonds. The van der Waals surface area contributed by atoms with Gasteiger partial charge >= 0.3 is 5.97 Å². The number of carbonyl (C=O) groups excluding carboxylic acids is 1. The lowest BCUT2D eigenvalue weighted by molar-refractivity contribution is -0.190. The summed E-state index contributed by atoms with van der Waals surface area (Å²) in [6.07, 6.45) is 1.18. The molecule has 1 aromatic rings. The van der Waals surface area contributed by atoms with E-state index >= 15 is 0 Å². The van der Waals surface area contributed by atoms with Gasteiger partial charge in [-0.1, -0.05) is 13.8 Å². The third-order valence-electron chi connectivity index (χ3n) is 4.42. The summed E-state index contributed by atoms with van der Waals surface area (Å²) < 4.78 is 10.5. The fourth-order valence-corrected chi connectivity index (χ4v) is 2.81. The second kappa shape index (κ2) is 5.14. The van der Waals surface area contributed by atoms with E-state index in [0.29, 0.717) is 12.4 Å². The Kier molecular flexibility index (Phi) is 3.79. The van der Waals surface area contributed by atoms with E-state index in [1.165, 1.54) is 0 Å². The number of carbonyl (C=O) groups is 2. The van der Waals surface area contributed by atoms with E-state index in [1.54, 1.807) is 20.8 Å². The first kappa shape index (κ1) is 15.5. The van der Waals surface area contributed by atoms with Crippen molar-refractivity contribution < 1.29 is 23.8 Å². The maximum Gasteiger partial charge on any atom is 0.330 e. The van der Waals surface area contributed by atoms with E-state index in [9.17, 15) is 14.7 Å². The highest BCUT2D eigenvalue weighted by atomic mass is 16.5. The molecule has 2 N–H and O–H groups in total. The average Bonchev–Trinajstić information content (AvgIpc) is 2.83. The molecule has 0 radical (unpaired) electrons. The molecule has 21 heavy (non-hydrogen) atoms. The van der Waals surface area contributed by atoms with Gasteiger partial charge in [-0.05, 0) is 13.8 Å². The fraction of sp³-hybridized carbons (Fsp3) is 0.643. The summed E-state index contributed by atoms with van der Waals surface area (Å²) in [5.41, 5.74) is -1.98. The molecule has 7 nitrogen and oxygen atoms in total. The molecule has 0 aliphatic heterocycles. The van der Waals surface area contributed by atoms with Crippen molar-refractivity contribution in [2.24, 2.45) is 5.41 Å². The number of hydrogen-bond donors (Lipinski definition) is 2. The van der Waals surface area contributed by atoms with Crippen LogP contribution in [0.2, 0.25) is 0 Å². The normalized spacial score (nSPS) is 27.0. The Hall–Kier alpha value is -1.89. The number of aliphatic carboxylic acids is 1. The van der Waals surface area contributed by atoms with Crippen LogP contribution >= 0.6 is 0 Å². The number of ether oxygens (including phenoxy) is 1. The zero-order valence-electron chi connectivity index (χ0n) is 12.6. The smallest absolute Gasteiger partial charge is 0.330 e. The van der Waals surface area contributed by atoms with Crippen molar-refractivity contribution in [2.45, 2.75) is 45.8 Å². The molecule has 7 heteroatoms. The predicted octanol–water partition coefficient (Wildman–Crippen LogP) is 1.37. The molecule has 2 rings (SSSR count). The molecular formula is C14H20N2O5. The Labute approximate surface area is 122 Å². The Bertz CT molecular complexity index is 565. The number of nitrogens with one attached hydrogen (secondary N) is 1. The minimum absolute atomic E-state index is 0.103. The van der Waals surface area contributed by atoms with Gasteiger partial charge < -0.3 is 19.6 Å². The second-order valence-corrected chi connectivity index (χ2v) is 5.79. The van der Waals surface area contributed by atoms with E-state index in [4.69, 9.17) is 9.15 Å². The summed E-state index contributed by atoms with van der Waals surface area (Å²) in [4.78, 5) is 27.8. The number of amides is 1. The topological polar surface area (TPSA) is 102 Å². The summed E-state index contributed by atoms with van der Waals surface area (Å²) in [6, 6.07) is 0. The van der Waals surface area contributed by atoms with Crippen molar-refractivity contribution in [3.63, 3.8) is 0 Å². The van der Waals surface area contributed by atoms with E-state index in [1.807, 2.05) is 6.92 Å². The number of hydrogen-bond acceptors (Lipinski definition) is 5. The van der Waals surface area contributed by atoms with Gasteiger partial charge in [-0.3, -0.25) is 4.79 Å². The van der Waals surface area contributed by atoms with E-state index in [2.05, 4.69) is 10.3 Å². The molecule has 2 atom stereocenters. The minimum atomic E-state index is -1.37. The first-order valence-electron chi connectivity index (χ1n) is 6.84. The Morgan fingerprint density at radius 3 is 2.67 bits per heavy atom. The molecule has 1 aromatic heterocycles. The van der Waals surface area contributed by atoms with E-state index < -0.39 is 22.8 Å². The highest BCUT2D eigenvalue weighted by molar-refractivity contribution is 5.98. The number of nitrogens with zero attached hydrogens (tertiary/aromatic N) is 1. The van der Waals surface area contributed by atoms with Gasteiger partial charge in [0.15, 0.2) is 12.1 Å². The maximum absolute atomic E-state index is 12.3. The van der Waals surface area contributed by atoms with Crippen LogP contribution in [0.5, 0.6) is 0 Å². The highest BCUT2D eigenvalue weighted by Crippen LogP contribution is 2.51. The highest BCUT2D eigenvalue weighted by Gasteiger charge is 2.66. The van der Waals surface area contributed by atoms with Crippen molar-refractivity contribution in [3.05, 3.63) is 17.8 Å². The van der Waals surface area contributed by atoms with Crippen LogP contribution in [-0.4, -0.2) is 40.2 Å². The van der Waals surface area contributed by atoms with Gasteiger partial charge in [0.2, 0.25) is 0 Å². The molecule has 1 aliphatic rings. The van der Waals surface area contributed by atoms with Crippen molar-refractivity contribution in [1.29, 1.82) is 0 Å². The lowest BCUT2D eigenvalue weighted by atomic mass is 9.54. The predicted molar refractivity (Wildman–Crippen MR) is 72.9 cm³/mol. The van der Waals surface area contributed by atoms with Crippen LogP contribution in [0, 0.1) is 12.3 Å². The van der Waals surface area contributed by atoms with Gasteiger partial charge in [-0.25, -0.2) is 9.78 Å². The molecule has 1 saturated carbocycles. The Morgan fingerprint density at radius 1 is 1.57 bits per heavy atom. The fourth-order valence-electron chi connectivity index (χ4n) is 2.81. The number of rotatable bonds is 5. The molecule has 0 spiro atoms. The van der Waals surface area contributed by atoms with Crippen LogP contribution in [0.25, 0.3) is 0 Å². The summed E-state index contributed by atoms with van der Waals surface area (Å²) >= 11 is 0. The van der Waals surface area contributed by atoms with Gasteiger partial charge in [0.1, 0.15) is 11.3 Å².